The van der Waals surface area contributed by atoms with Crippen molar-refractivity contribution >= 4 is 11.8 Å². The second kappa shape index (κ2) is 14.7. The van der Waals surface area contributed by atoms with Gasteiger partial charge < -0.3 is 24.4 Å². The van der Waals surface area contributed by atoms with Crippen LogP contribution in [0.5, 0.6) is 17.2 Å². The maximum Gasteiger partial charge on any atom is 0.242 e. The number of amides is 2. The van der Waals surface area contributed by atoms with Crippen LogP contribution in [0, 0.1) is 0 Å². The molecule has 0 heterocycles. The second-order valence-corrected chi connectivity index (χ2v) is 8.84. The lowest BCUT2D eigenvalue weighted by molar-refractivity contribution is -0.141. The van der Waals surface area contributed by atoms with E-state index in [9.17, 15) is 9.59 Å². The van der Waals surface area contributed by atoms with Gasteiger partial charge in [-0.1, -0.05) is 48.5 Å². The first-order valence-corrected chi connectivity index (χ1v) is 13.0. The molecular formula is C31H38N2O5. The Morgan fingerprint density at radius 1 is 0.842 bits per heavy atom. The lowest BCUT2D eigenvalue weighted by Crippen LogP contribution is -2.49. The van der Waals surface area contributed by atoms with E-state index in [-0.39, 0.29) is 24.8 Å². The highest BCUT2D eigenvalue weighted by molar-refractivity contribution is 5.88. The Morgan fingerprint density at radius 3 is 2.24 bits per heavy atom. The predicted molar refractivity (Wildman–Crippen MR) is 149 cm³/mol. The Labute approximate surface area is 225 Å². The van der Waals surface area contributed by atoms with Gasteiger partial charge in [-0.15, -0.1) is 0 Å². The molecule has 0 bridgehead atoms. The van der Waals surface area contributed by atoms with E-state index in [1.807, 2.05) is 86.6 Å². The summed E-state index contributed by atoms with van der Waals surface area (Å²) < 4.78 is 16.8. The van der Waals surface area contributed by atoms with Crippen molar-refractivity contribution in [1.82, 2.24) is 10.2 Å². The lowest BCUT2D eigenvalue weighted by Gasteiger charge is -2.31. The minimum atomic E-state index is -0.666. The summed E-state index contributed by atoms with van der Waals surface area (Å²) in [5.74, 6) is 1.74. The fourth-order valence-corrected chi connectivity index (χ4v) is 4.33. The summed E-state index contributed by atoms with van der Waals surface area (Å²) in [6.45, 7) is 5.20. The van der Waals surface area contributed by atoms with Crippen molar-refractivity contribution in [3.05, 3.63) is 89.5 Å². The summed E-state index contributed by atoms with van der Waals surface area (Å²) in [6.07, 6.45) is 1.16. The largest absolute Gasteiger partial charge is 0.497 e. The van der Waals surface area contributed by atoms with Crippen LogP contribution in [0.3, 0.4) is 0 Å². The van der Waals surface area contributed by atoms with Crippen LogP contribution in [0.4, 0.5) is 0 Å². The molecule has 0 unspecified atom stereocenters. The molecule has 1 N–H and O–H groups in total. The number of nitrogens with one attached hydrogen (secondary N) is 1. The average Bonchev–Trinajstić information content (AvgIpc) is 2.95. The van der Waals surface area contributed by atoms with Gasteiger partial charge in [0.1, 0.15) is 11.8 Å². The van der Waals surface area contributed by atoms with Gasteiger partial charge >= 0.3 is 0 Å². The normalized spacial score (nSPS) is 11.4. The van der Waals surface area contributed by atoms with Crippen LogP contribution in [0.1, 0.15) is 37.0 Å². The highest BCUT2D eigenvalue weighted by atomic mass is 16.5. The first kappa shape index (κ1) is 28.6. The van der Waals surface area contributed by atoms with Crippen molar-refractivity contribution in [3.8, 4) is 17.2 Å². The molecule has 0 aliphatic rings. The molecule has 0 saturated heterocycles. The average molecular weight is 519 g/mol. The van der Waals surface area contributed by atoms with Gasteiger partial charge in [0, 0.05) is 26.4 Å². The topological polar surface area (TPSA) is 77.1 Å². The molecule has 0 aliphatic heterocycles. The molecule has 0 aliphatic carbocycles. The van der Waals surface area contributed by atoms with Gasteiger partial charge in [-0.25, -0.2) is 0 Å². The summed E-state index contributed by atoms with van der Waals surface area (Å²) in [5, 5.41) is 2.75. The Balaban J connectivity index is 1.87. The summed E-state index contributed by atoms with van der Waals surface area (Å²) in [5.41, 5.74) is 2.84. The third kappa shape index (κ3) is 8.00. The number of nitrogens with zero attached hydrogens (tertiary/aromatic N) is 1. The van der Waals surface area contributed by atoms with Crippen molar-refractivity contribution in [2.45, 2.75) is 45.7 Å². The number of likely N-dealkylation sites (N-methyl/N-ethyl adjacent to an activating group) is 1. The maximum absolute atomic E-state index is 13.8. The van der Waals surface area contributed by atoms with Crippen LogP contribution in [0.2, 0.25) is 0 Å². The molecule has 3 aromatic carbocycles. The Hall–Kier alpha value is -4.00. The molecule has 1 atom stereocenters. The van der Waals surface area contributed by atoms with Gasteiger partial charge in [-0.2, -0.15) is 0 Å². The molecule has 3 aromatic rings. The summed E-state index contributed by atoms with van der Waals surface area (Å²) in [4.78, 5) is 28.6. The number of rotatable bonds is 14. The zero-order valence-electron chi connectivity index (χ0n) is 22.7. The summed E-state index contributed by atoms with van der Waals surface area (Å²) in [6, 6.07) is 22.4. The number of methoxy groups -OCH3 is 1. The van der Waals surface area contributed by atoms with Crippen LogP contribution in [-0.2, 0) is 29.0 Å². The molecule has 0 aromatic heterocycles. The molecule has 0 spiro atoms. The molecule has 7 heteroatoms. The number of ether oxygens (including phenoxy) is 3. The van der Waals surface area contributed by atoms with Crippen LogP contribution in [-0.4, -0.2) is 50.1 Å². The van der Waals surface area contributed by atoms with Crippen molar-refractivity contribution in [1.29, 1.82) is 0 Å². The molecule has 38 heavy (non-hydrogen) atoms. The van der Waals surface area contributed by atoms with Gasteiger partial charge in [0.05, 0.1) is 20.3 Å². The minimum absolute atomic E-state index is 0.107. The van der Waals surface area contributed by atoms with Crippen LogP contribution in [0.15, 0.2) is 72.8 Å². The zero-order chi connectivity index (χ0) is 27.3. The van der Waals surface area contributed by atoms with E-state index >= 15 is 0 Å². The minimum Gasteiger partial charge on any atom is -0.497 e. The van der Waals surface area contributed by atoms with Crippen LogP contribution in [0.25, 0.3) is 0 Å². The Kier molecular flexibility index (Phi) is 11.0. The van der Waals surface area contributed by atoms with E-state index in [1.54, 1.807) is 19.1 Å². The van der Waals surface area contributed by atoms with E-state index in [1.165, 1.54) is 0 Å². The molecule has 202 valence electrons. The highest BCUT2D eigenvalue weighted by Crippen LogP contribution is 2.29. The van der Waals surface area contributed by atoms with Crippen LogP contribution < -0.4 is 19.5 Å². The monoisotopic (exact) mass is 518 g/mol. The summed E-state index contributed by atoms with van der Waals surface area (Å²) in [7, 11) is 3.21. The van der Waals surface area contributed by atoms with Gasteiger partial charge in [-0.05, 0) is 61.2 Å². The lowest BCUT2D eigenvalue weighted by atomic mass is 10.0. The fourth-order valence-electron chi connectivity index (χ4n) is 4.33. The molecule has 7 nitrogen and oxygen atoms in total. The van der Waals surface area contributed by atoms with E-state index in [0.717, 1.165) is 16.7 Å². The standard InChI is InChI=1S/C31H38N2O5/c1-5-37-28-17-15-24(21-29(28)38-6-2)16-18-30(34)33(22-25-13-10-14-26(19-25)36-4)27(31(35)32-3)20-23-11-8-7-9-12-23/h7-15,17,19,21,27H,5-6,16,18,20,22H2,1-4H3,(H,32,35)/t27-/m1/s1. The van der Waals surface area contributed by atoms with E-state index < -0.39 is 6.04 Å². The van der Waals surface area contributed by atoms with Crippen LogP contribution >= 0.6 is 0 Å². The number of carbonyl (C=O) groups is 2. The third-order valence-corrected chi connectivity index (χ3v) is 6.24. The number of carbonyl (C=O) groups excluding carboxylic acids is 2. The van der Waals surface area contributed by atoms with Crippen molar-refractivity contribution < 1.29 is 23.8 Å². The number of benzene rings is 3. The quantitative estimate of drug-likeness (QED) is 0.331. The molecule has 0 fully saturated rings. The predicted octanol–water partition coefficient (Wildman–Crippen LogP) is 4.81. The molecule has 3 rings (SSSR count). The smallest absolute Gasteiger partial charge is 0.242 e. The molecule has 0 saturated carbocycles. The molecule has 2 amide bonds. The number of hydrogen-bond acceptors (Lipinski definition) is 5. The van der Waals surface area contributed by atoms with Gasteiger partial charge in [-0.3, -0.25) is 9.59 Å². The Bertz CT molecular complexity index is 1180. The zero-order valence-corrected chi connectivity index (χ0v) is 22.7. The third-order valence-electron chi connectivity index (χ3n) is 6.24. The van der Waals surface area contributed by atoms with Crippen molar-refractivity contribution in [2.75, 3.05) is 27.4 Å². The SMILES string of the molecule is CCOc1ccc(CCC(=O)N(Cc2cccc(OC)c2)[C@H](Cc2ccccc2)C(=O)NC)cc1OCC. The molecular weight excluding hydrogens is 480 g/mol. The first-order chi connectivity index (χ1) is 18.5. The van der Waals surface area contributed by atoms with Crippen molar-refractivity contribution in [2.24, 2.45) is 0 Å². The van der Waals surface area contributed by atoms with Gasteiger partial charge in [0.15, 0.2) is 11.5 Å². The van der Waals surface area contributed by atoms with E-state index in [2.05, 4.69) is 5.32 Å². The highest BCUT2D eigenvalue weighted by Gasteiger charge is 2.29. The molecule has 0 radical (unpaired) electrons. The number of hydrogen-bond donors (Lipinski definition) is 1. The number of aryl methyl sites for hydroxylation is 1. The Morgan fingerprint density at radius 2 is 1.55 bits per heavy atom. The van der Waals surface area contributed by atoms with E-state index in [0.29, 0.717) is 43.3 Å². The van der Waals surface area contributed by atoms with Gasteiger partial charge in [0.25, 0.3) is 0 Å². The van der Waals surface area contributed by atoms with Crippen molar-refractivity contribution in [3.63, 3.8) is 0 Å². The summed E-state index contributed by atoms with van der Waals surface area (Å²) >= 11 is 0. The van der Waals surface area contributed by atoms with Gasteiger partial charge in [0.2, 0.25) is 11.8 Å². The first-order valence-electron chi connectivity index (χ1n) is 13.0. The van der Waals surface area contributed by atoms with E-state index in [4.69, 9.17) is 14.2 Å². The second-order valence-electron chi connectivity index (χ2n) is 8.84. The maximum atomic E-state index is 13.8. The fraction of sp³-hybridized carbons (Fsp3) is 0.355.